The molecule has 3 atom stereocenters. The third-order valence-electron chi connectivity index (χ3n) is 4.34. The lowest BCUT2D eigenvalue weighted by Gasteiger charge is -2.38. The van der Waals surface area contributed by atoms with Crippen LogP contribution in [-0.4, -0.2) is 25.3 Å². The van der Waals surface area contributed by atoms with Gasteiger partial charge < -0.3 is 10.1 Å². The van der Waals surface area contributed by atoms with Crippen molar-refractivity contribution in [3.05, 3.63) is 0 Å². The van der Waals surface area contributed by atoms with Gasteiger partial charge in [-0.15, -0.1) is 0 Å². The molecule has 0 radical (unpaired) electrons. The van der Waals surface area contributed by atoms with E-state index in [1.54, 1.807) is 0 Å². The van der Waals surface area contributed by atoms with Gasteiger partial charge in [-0.3, -0.25) is 0 Å². The molecule has 0 amide bonds. The first kappa shape index (κ1) is 11.4. The van der Waals surface area contributed by atoms with Gasteiger partial charge in [-0.2, -0.15) is 0 Å². The van der Waals surface area contributed by atoms with Crippen molar-refractivity contribution in [2.75, 3.05) is 7.11 Å². The van der Waals surface area contributed by atoms with E-state index in [1.165, 1.54) is 44.9 Å². The zero-order valence-corrected chi connectivity index (χ0v) is 10.2. The molecule has 0 spiro atoms. The van der Waals surface area contributed by atoms with Crippen molar-refractivity contribution in [3.63, 3.8) is 0 Å². The van der Waals surface area contributed by atoms with E-state index in [1.807, 2.05) is 7.11 Å². The predicted octanol–water partition coefficient (Wildman–Crippen LogP) is 2.72. The van der Waals surface area contributed by atoms with Crippen LogP contribution in [0.2, 0.25) is 0 Å². The van der Waals surface area contributed by atoms with Crippen LogP contribution in [-0.2, 0) is 4.74 Å². The quantitative estimate of drug-likeness (QED) is 0.772. The van der Waals surface area contributed by atoms with Crippen molar-refractivity contribution >= 4 is 0 Å². The second kappa shape index (κ2) is 5.31. The summed E-state index contributed by atoms with van der Waals surface area (Å²) < 4.78 is 5.57. The molecule has 2 nitrogen and oxygen atoms in total. The number of nitrogens with one attached hydrogen (secondary N) is 1. The first-order valence-electron chi connectivity index (χ1n) is 6.60. The maximum absolute atomic E-state index is 5.57. The Labute approximate surface area is 93.8 Å². The van der Waals surface area contributed by atoms with Crippen molar-refractivity contribution in [1.82, 2.24) is 5.32 Å². The SMILES string of the molecule is COC1CCCCC1NC(C)C1CCC1. The molecule has 0 aromatic rings. The molecule has 1 N–H and O–H groups in total. The highest BCUT2D eigenvalue weighted by Gasteiger charge is 2.30. The molecule has 2 aliphatic carbocycles. The number of hydrogen-bond donors (Lipinski definition) is 1. The smallest absolute Gasteiger partial charge is 0.0724 e. The van der Waals surface area contributed by atoms with Gasteiger partial charge in [0.2, 0.25) is 0 Å². The van der Waals surface area contributed by atoms with Crippen molar-refractivity contribution in [1.29, 1.82) is 0 Å². The molecule has 88 valence electrons. The zero-order chi connectivity index (χ0) is 10.7. The van der Waals surface area contributed by atoms with Crippen LogP contribution in [0.1, 0.15) is 51.9 Å². The molecular formula is C13H25NO. The summed E-state index contributed by atoms with van der Waals surface area (Å²) >= 11 is 0. The van der Waals surface area contributed by atoms with Gasteiger partial charge in [0, 0.05) is 19.2 Å². The van der Waals surface area contributed by atoms with Crippen LogP contribution in [0, 0.1) is 5.92 Å². The highest BCUT2D eigenvalue weighted by atomic mass is 16.5. The van der Waals surface area contributed by atoms with Crippen LogP contribution >= 0.6 is 0 Å². The molecule has 2 fully saturated rings. The predicted molar refractivity (Wildman–Crippen MR) is 63.0 cm³/mol. The Bertz CT molecular complexity index is 191. The molecule has 0 heterocycles. The van der Waals surface area contributed by atoms with Crippen molar-refractivity contribution < 1.29 is 4.74 Å². The molecule has 0 aliphatic heterocycles. The molecule has 0 saturated heterocycles. The molecular weight excluding hydrogens is 186 g/mol. The summed E-state index contributed by atoms with van der Waals surface area (Å²) in [4.78, 5) is 0. The van der Waals surface area contributed by atoms with Crippen LogP contribution in [0.15, 0.2) is 0 Å². The Morgan fingerprint density at radius 3 is 2.40 bits per heavy atom. The van der Waals surface area contributed by atoms with E-state index in [-0.39, 0.29) is 0 Å². The Morgan fingerprint density at radius 1 is 1.07 bits per heavy atom. The normalized spacial score (nSPS) is 34.8. The van der Waals surface area contributed by atoms with Crippen LogP contribution in [0.25, 0.3) is 0 Å². The summed E-state index contributed by atoms with van der Waals surface area (Å²) in [6.45, 7) is 2.35. The van der Waals surface area contributed by atoms with Crippen molar-refractivity contribution in [2.45, 2.75) is 70.1 Å². The Balaban J connectivity index is 1.79. The van der Waals surface area contributed by atoms with Gasteiger partial charge in [-0.1, -0.05) is 19.3 Å². The Hall–Kier alpha value is -0.0800. The number of ether oxygens (including phenoxy) is 1. The zero-order valence-electron chi connectivity index (χ0n) is 10.2. The summed E-state index contributed by atoms with van der Waals surface area (Å²) in [6, 6.07) is 1.30. The van der Waals surface area contributed by atoms with Gasteiger partial charge in [0.05, 0.1) is 6.10 Å². The fourth-order valence-corrected chi connectivity index (χ4v) is 2.98. The Morgan fingerprint density at radius 2 is 1.80 bits per heavy atom. The van der Waals surface area contributed by atoms with Crippen molar-refractivity contribution in [3.8, 4) is 0 Å². The fraction of sp³-hybridized carbons (Fsp3) is 1.00. The maximum atomic E-state index is 5.57. The lowest BCUT2D eigenvalue weighted by atomic mass is 9.79. The molecule has 2 aliphatic rings. The van der Waals surface area contributed by atoms with Gasteiger partial charge in [0.25, 0.3) is 0 Å². The molecule has 2 heteroatoms. The monoisotopic (exact) mass is 211 g/mol. The first-order valence-corrected chi connectivity index (χ1v) is 6.60. The third-order valence-corrected chi connectivity index (χ3v) is 4.34. The largest absolute Gasteiger partial charge is 0.380 e. The number of rotatable bonds is 4. The molecule has 3 unspecified atom stereocenters. The minimum Gasteiger partial charge on any atom is -0.380 e. The minimum atomic E-state index is 0.460. The molecule has 2 saturated carbocycles. The third kappa shape index (κ3) is 2.73. The van der Waals surface area contributed by atoms with Crippen LogP contribution in [0.3, 0.4) is 0 Å². The standard InChI is InChI=1S/C13H25NO/c1-10(11-6-5-7-11)14-12-8-3-4-9-13(12)15-2/h10-14H,3-9H2,1-2H3. The van der Waals surface area contributed by atoms with Crippen molar-refractivity contribution in [2.24, 2.45) is 5.92 Å². The fourth-order valence-electron chi connectivity index (χ4n) is 2.98. The van der Waals surface area contributed by atoms with Gasteiger partial charge >= 0.3 is 0 Å². The van der Waals surface area contributed by atoms with E-state index in [2.05, 4.69) is 12.2 Å². The molecule has 15 heavy (non-hydrogen) atoms. The van der Waals surface area contributed by atoms with Gasteiger partial charge in [0.1, 0.15) is 0 Å². The number of methoxy groups -OCH3 is 1. The summed E-state index contributed by atoms with van der Waals surface area (Å²) in [6.07, 6.45) is 10.0. The van der Waals surface area contributed by atoms with E-state index in [0.29, 0.717) is 18.2 Å². The van der Waals surface area contributed by atoms with E-state index in [4.69, 9.17) is 4.74 Å². The minimum absolute atomic E-state index is 0.460. The molecule has 0 aromatic heterocycles. The average molecular weight is 211 g/mol. The summed E-state index contributed by atoms with van der Waals surface area (Å²) in [7, 11) is 1.86. The highest BCUT2D eigenvalue weighted by molar-refractivity contribution is 4.87. The lowest BCUT2D eigenvalue weighted by molar-refractivity contribution is 0.0327. The molecule has 0 bridgehead atoms. The summed E-state index contributed by atoms with van der Waals surface area (Å²) in [5.74, 6) is 0.935. The first-order chi connectivity index (χ1) is 7.31. The highest BCUT2D eigenvalue weighted by Crippen LogP contribution is 2.30. The van der Waals surface area contributed by atoms with Gasteiger partial charge in [-0.25, -0.2) is 0 Å². The molecule has 0 aromatic carbocycles. The van der Waals surface area contributed by atoms with E-state index in [0.717, 1.165) is 5.92 Å². The van der Waals surface area contributed by atoms with Crippen LogP contribution in [0.5, 0.6) is 0 Å². The van der Waals surface area contributed by atoms with E-state index < -0.39 is 0 Å². The topological polar surface area (TPSA) is 21.3 Å². The Kier molecular flexibility index (Phi) is 4.04. The van der Waals surface area contributed by atoms with E-state index >= 15 is 0 Å². The van der Waals surface area contributed by atoms with Crippen LogP contribution in [0.4, 0.5) is 0 Å². The van der Waals surface area contributed by atoms with Gasteiger partial charge in [0.15, 0.2) is 0 Å². The summed E-state index contributed by atoms with van der Waals surface area (Å²) in [5.41, 5.74) is 0. The second-order valence-electron chi connectivity index (χ2n) is 5.31. The average Bonchev–Trinajstić information content (AvgIpc) is 2.15. The van der Waals surface area contributed by atoms with E-state index in [9.17, 15) is 0 Å². The number of hydrogen-bond acceptors (Lipinski definition) is 2. The second-order valence-corrected chi connectivity index (χ2v) is 5.31. The summed E-state index contributed by atoms with van der Waals surface area (Å²) in [5, 5.41) is 3.80. The van der Waals surface area contributed by atoms with Gasteiger partial charge in [-0.05, 0) is 38.5 Å². The lowest BCUT2D eigenvalue weighted by Crippen LogP contribution is -2.50. The van der Waals surface area contributed by atoms with Crippen LogP contribution < -0.4 is 5.32 Å². The maximum Gasteiger partial charge on any atom is 0.0724 e. The molecule has 2 rings (SSSR count).